The van der Waals surface area contributed by atoms with Gasteiger partial charge in [0.2, 0.25) is 5.91 Å². The van der Waals surface area contributed by atoms with Crippen LogP contribution < -0.4 is 10.6 Å². The highest BCUT2D eigenvalue weighted by Gasteiger charge is 2.62. The predicted molar refractivity (Wildman–Crippen MR) is 64.5 cm³/mol. The fourth-order valence-electron chi connectivity index (χ4n) is 2.64. The van der Waals surface area contributed by atoms with Gasteiger partial charge in [-0.25, -0.2) is 0 Å². The van der Waals surface area contributed by atoms with Gasteiger partial charge >= 0.3 is 12.1 Å². The molecule has 2 fully saturated rings. The van der Waals surface area contributed by atoms with E-state index in [0.717, 1.165) is 0 Å². The summed E-state index contributed by atoms with van der Waals surface area (Å²) in [6.45, 7) is 0.672. The SMILES string of the molecule is CC1(C(=O)O)COCC1NC(=O)C1(C(F)(F)F)CCNC1. The molecule has 2 aliphatic rings. The maximum atomic E-state index is 13.2. The number of carboxylic acid groups (broad SMARTS) is 1. The van der Waals surface area contributed by atoms with Gasteiger partial charge in [0, 0.05) is 6.54 Å². The quantitative estimate of drug-likeness (QED) is 0.690. The highest BCUT2D eigenvalue weighted by molar-refractivity contribution is 5.86. The molecule has 0 aromatic rings. The molecule has 2 saturated heterocycles. The lowest BCUT2D eigenvalue weighted by molar-refractivity contribution is -0.216. The molecule has 2 heterocycles. The van der Waals surface area contributed by atoms with Crippen LogP contribution in [0.2, 0.25) is 0 Å². The Morgan fingerprint density at radius 2 is 2.10 bits per heavy atom. The van der Waals surface area contributed by atoms with Crippen molar-refractivity contribution in [2.24, 2.45) is 10.8 Å². The van der Waals surface area contributed by atoms with E-state index in [1.54, 1.807) is 0 Å². The van der Waals surface area contributed by atoms with Crippen LogP contribution in [0.5, 0.6) is 0 Å². The second-order valence-electron chi connectivity index (χ2n) is 5.77. The van der Waals surface area contributed by atoms with Crippen molar-refractivity contribution in [1.82, 2.24) is 10.6 Å². The second-order valence-corrected chi connectivity index (χ2v) is 5.77. The summed E-state index contributed by atoms with van der Waals surface area (Å²) in [6.07, 6.45) is -5.06. The van der Waals surface area contributed by atoms with Crippen LogP contribution in [0, 0.1) is 10.8 Å². The summed E-state index contributed by atoms with van der Waals surface area (Å²) in [5, 5.41) is 14.0. The third-order valence-electron chi connectivity index (χ3n) is 4.38. The lowest BCUT2D eigenvalue weighted by atomic mass is 9.82. The van der Waals surface area contributed by atoms with E-state index in [0.29, 0.717) is 0 Å². The van der Waals surface area contributed by atoms with Gasteiger partial charge in [0.15, 0.2) is 5.41 Å². The zero-order chi connectivity index (χ0) is 15.9. The average Bonchev–Trinajstić information content (AvgIpc) is 2.97. The summed E-state index contributed by atoms with van der Waals surface area (Å²) in [7, 11) is 0. The Morgan fingerprint density at radius 3 is 2.57 bits per heavy atom. The lowest BCUT2D eigenvalue weighted by Gasteiger charge is -2.33. The van der Waals surface area contributed by atoms with Crippen molar-refractivity contribution in [2.45, 2.75) is 25.6 Å². The van der Waals surface area contributed by atoms with Crippen molar-refractivity contribution in [3.05, 3.63) is 0 Å². The van der Waals surface area contributed by atoms with E-state index < -0.39 is 41.5 Å². The molecule has 0 spiro atoms. The zero-order valence-corrected chi connectivity index (χ0v) is 11.4. The monoisotopic (exact) mass is 310 g/mol. The number of carbonyl (C=O) groups excluding carboxylic acids is 1. The molecule has 0 aliphatic carbocycles. The van der Waals surface area contributed by atoms with Gasteiger partial charge in [-0.2, -0.15) is 13.2 Å². The standard InChI is InChI=1S/C12H17F3N2O4/c1-10(9(19)20)6-21-4-7(10)17-8(18)11(12(13,14)15)2-3-16-5-11/h7,16H,2-6H2,1H3,(H,17,18)(H,19,20). The van der Waals surface area contributed by atoms with Crippen LogP contribution in [0.3, 0.4) is 0 Å². The molecular formula is C12H17F3N2O4. The molecule has 2 aliphatic heterocycles. The number of amides is 1. The number of hydrogen-bond donors (Lipinski definition) is 3. The van der Waals surface area contributed by atoms with Crippen LogP contribution in [0.15, 0.2) is 0 Å². The van der Waals surface area contributed by atoms with E-state index >= 15 is 0 Å². The predicted octanol–water partition coefficient (Wildman–Crippen LogP) is 0.134. The first-order valence-corrected chi connectivity index (χ1v) is 6.53. The van der Waals surface area contributed by atoms with Gasteiger partial charge < -0.3 is 20.5 Å². The summed E-state index contributed by atoms with van der Waals surface area (Å²) < 4.78 is 44.8. The van der Waals surface area contributed by atoms with Crippen molar-refractivity contribution in [3.8, 4) is 0 Å². The van der Waals surface area contributed by atoms with Crippen LogP contribution in [0.1, 0.15) is 13.3 Å². The minimum atomic E-state index is -4.69. The number of rotatable bonds is 3. The first kappa shape index (κ1) is 16.0. The van der Waals surface area contributed by atoms with Gasteiger partial charge in [0.25, 0.3) is 0 Å². The van der Waals surface area contributed by atoms with E-state index in [1.165, 1.54) is 6.92 Å². The minimum Gasteiger partial charge on any atom is -0.481 e. The summed E-state index contributed by atoms with van der Waals surface area (Å²) in [5.74, 6) is -2.40. The van der Waals surface area contributed by atoms with Gasteiger partial charge in [-0.15, -0.1) is 0 Å². The number of alkyl halides is 3. The highest BCUT2D eigenvalue weighted by atomic mass is 19.4. The van der Waals surface area contributed by atoms with E-state index in [4.69, 9.17) is 4.74 Å². The van der Waals surface area contributed by atoms with E-state index in [9.17, 15) is 27.9 Å². The first-order chi connectivity index (χ1) is 9.63. The molecule has 3 unspecified atom stereocenters. The molecule has 9 heteroatoms. The summed E-state index contributed by atoms with van der Waals surface area (Å²) in [5.41, 5.74) is -3.93. The fraction of sp³-hybridized carbons (Fsp3) is 0.833. The molecule has 1 amide bonds. The number of hydrogen-bond acceptors (Lipinski definition) is 4. The maximum absolute atomic E-state index is 13.2. The Kier molecular flexibility index (Phi) is 3.92. The molecule has 3 N–H and O–H groups in total. The number of carbonyl (C=O) groups is 2. The first-order valence-electron chi connectivity index (χ1n) is 6.53. The molecule has 2 rings (SSSR count). The Bertz CT molecular complexity index is 448. The highest BCUT2D eigenvalue weighted by Crippen LogP contribution is 2.43. The Hall–Kier alpha value is -1.35. The summed E-state index contributed by atoms with van der Waals surface area (Å²) >= 11 is 0. The summed E-state index contributed by atoms with van der Waals surface area (Å²) in [6, 6.07) is -0.984. The van der Waals surface area contributed by atoms with Crippen LogP contribution in [0.25, 0.3) is 0 Å². The number of aliphatic carboxylic acids is 1. The molecular weight excluding hydrogens is 293 g/mol. The van der Waals surface area contributed by atoms with Crippen LogP contribution in [0.4, 0.5) is 13.2 Å². The topological polar surface area (TPSA) is 87.7 Å². The third-order valence-corrected chi connectivity index (χ3v) is 4.38. The van der Waals surface area contributed by atoms with Gasteiger partial charge in [-0.05, 0) is 19.9 Å². The second kappa shape index (κ2) is 5.13. The number of nitrogens with one attached hydrogen (secondary N) is 2. The zero-order valence-electron chi connectivity index (χ0n) is 11.4. The average molecular weight is 310 g/mol. The maximum Gasteiger partial charge on any atom is 0.404 e. The Morgan fingerprint density at radius 1 is 1.43 bits per heavy atom. The van der Waals surface area contributed by atoms with E-state index in [-0.39, 0.29) is 26.2 Å². The molecule has 0 bridgehead atoms. The Balaban J connectivity index is 2.19. The van der Waals surface area contributed by atoms with Crippen molar-refractivity contribution in [2.75, 3.05) is 26.3 Å². The fourth-order valence-corrected chi connectivity index (χ4v) is 2.64. The summed E-state index contributed by atoms with van der Waals surface area (Å²) in [4.78, 5) is 23.4. The van der Waals surface area contributed by atoms with Crippen molar-refractivity contribution in [1.29, 1.82) is 0 Å². The molecule has 0 aromatic carbocycles. The van der Waals surface area contributed by atoms with Crippen LogP contribution in [-0.2, 0) is 14.3 Å². The van der Waals surface area contributed by atoms with Crippen molar-refractivity contribution >= 4 is 11.9 Å². The third kappa shape index (κ3) is 2.48. The molecule has 0 saturated carbocycles. The molecule has 6 nitrogen and oxygen atoms in total. The van der Waals surface area contributed by atoms with Crippen molar-refractivity contribution in [3.63, 3.8) is 0 Å². The molecule has 21 heavy (non-hydrogen) atoms. The normalized spacial score (nSPS) is 36.7. The number of carboxylic acids is 1. The van der Waals surface area contributed by atoms with Crippen molar-refractivity contribution < 1.29 is 32.6 Å². The molecule has 120 valence electrons. The lowest BCUT2D eigenvalue weighted by Crippen LogP contribution is -2.58. The van der Waals surface area contributed by atoms with Gasteiger partial charge in [-0.3, -0.25) is 9.59 Å². The van der Waals surface area contributed by atoms with Gasteiger partial charge in [0.1, 0.15) is 5.41 Å². The minimum absolute atomic E-state index is 0.0876. The molecule has 0 radical (unpaired) electrons. The van der Waals surface area contributed by atoms with Gasteiger partial charge in [0.05, 0.1) is 19.3 Å². The van der Waals surface area contributed by atoms with Crippen LogP contribution >= 0.6 is 0 Å². The van der Waals surface area contributed by atoms with Crippen LogP contribution in [-0.4, -0.2) is 55.5 Å². The number of ether oxygens (including phenoxy) is 1. The number of halogens is 3. The molecule has 3 atom stereocenters. The largest absolute Gasteiger partial charge is 0.481 e. The van der Waals surface area contributed by atoms with E-state index in [1.807, 2.05) is 0 Å². The van der Waals surface area contributed by atoms with E-state index in [2.05, 4.69) is 10.6 Å². The van der Waals surface area contributed by atoms with Gasteiger partial charge in [-0.1, -0.05) is 0 Å². The molecule has 0 aromatic heterocycles. The Labute approximate surface area is 119 Å². The smallest absolute Gasteiger partial charge is 0.404 e.